The fourth-order valence-corrected chi connectivity index (χ4v) is 6.82. The van der Waals surface area contributed by atoms with Gasteiger partial charge in [-0.3, -0.25) is 19.4 Å². The van der Waals surface area contributed by atoms with Crippen LogP contribution in [0.5, 0.6) is 5.75 Å². The number of piperazine rings is 1. The van der Waals surface area contributed by atoms with Crippen LogP contribution < -0.4 is 25.3 Å². The van der Waals surface area contributed by atoms with Crippen LogP contribution in [0.15, 0.2) is 67.5 Å². The molecule has 46 heavy (non-hydrogen) atoms. The van der Waals surface area contributed by atoms with Crippen LogP contribution in [-0.2, 0) is 9.63 Å². The minimum atomic E-state index is -0.266. The quantitative estimate of drug-likeness (QED) is 0.291. The number of anilines is 5. The predicted octanol–water partition coefficient (Wildman–Crippen LogP) is 5.23. The first-order valence-electron chi connectivity index (χ1n) is 16.4. The summed E-state index contributed by atoms with van der Waals surface area (Å²) in [6.07, 6.45) is 5.83. The Hall–Kier alpha value is -4.19. The minimum absolute atomic E-state index is 0.0623. The SMILES string of the molecule is C=CC(=O)Nc1cc(Nc2cc(N3OCC[C@@H]3c3ccccc3)ncn2)c(OC)cc1N1CCC(N2CCN(C(C)C)CC2)CC1. The van der Waals surface area contributed by atoms with Gasteiger partial charge in [0.1, 0.15) is 17.9 Å². The van der Waals surface area contributed by atoms with Gasteiger partial charge in [-0.05, 0) is 44.4 Å². The molecule has 3 fully saturated rings. The van der Waals surface area contributed by atoms with Crippen LogP contribution in [0.2, 0.25) is 0 Å². The maximum atomic E-state index is 12.6. The van der Waals surface area contributed by atoms with E-state index >= 15 is 0 Å². The molecule has 6 rings (SSSR count). The second-order valence-corrected chi connectivity index (χ2v) is 12.4. The third kappa shape index (κ3) is 7.11. The van der Waals surface area contributed by atoms with Crippen molar-refractivity contribution in [2.45, 2.75) is 51.2 Å². The second kappa shape index (κ2) is 14.5. The molecule has 0 spiro atoms. The van der Waals surface area contributed by atoms with E-state index in [4.69, 9.17) is 9.57 Å². The van der Waals surface area contributed by atoms with Gasteiger partial charge >= 0.3 is 0 Å². The molecular formula is C35H46N8O3. The molecule has 0 bridgehead atoms. The molecule has 1 atom stereocenters. The Morgan fingerprint density at radius 3 is 2.46 bits per heavy atom. The average Bonchev–Trinajstić information content (AvgIpc) is 3.59. The predicted molar refractivity (Wildman–Crippen MR) is 183 cm³/mol. The van der Waals surface area contributed by atoms with Gasteiger partial charge < -0.3 is 20.3 Å². The summed E-state index contributed by atoms with van der Waals surface area (Å²) in [5.74, 6) is 1.63. The van der Waals surface area contributed by atoms with E-state index in [1.165, 1.54) is 18.0 Å². The normalized spacial score (nSPS) is 19.8. The van der Waals surface area contributed by atoms with Crippen LogP contribution >= 0.6 is 0 Å². The van der Waals surface area contributed by atoms with Crippen molar-refractivity contribution < 1.29 is 14.4 Å². The van der Waals surface area contributed by atoms with Gasteiger partial charge in [-0.2, -0.15) is 0 Å². The topological polar surface area (TPSA) is 98.3 Å². The van der Waals surface area contributed by atoms with Gasteiger partial charge in [0.05, 0.1) is 36.8 Å². The van der Waals surface area contributed by atoms with Crippen molar-refractivity contribution >= 4 is 34.6 Å². The zero-order valence-corrected chi connectivity index (χ0v) is 27.2. The Morgan fingerprint density at radius 2 is 1.76 bits per heavy atom. The number of benzene rings is 2. The number of hydrogen-bond donors (Lipinski definition) is 2. The van der Waals surface area contributed by atoms with Crippen LogP contribution in [0.25, 0.3) is 0 Å². The lowest BCUT2D eigenvalue weighted by Gasteiger charge is -2.44. The van der Waals surface area contributed by atoms with Crippen molar-refractivity contribution in [2.24, 2.45) is 0 Å². The summed E-state index contributed by atoms with van der Waals surface area (Å²) in [5, 5.41) is 8.29. The highest BCUT2D eigenvalue weighted by molar-refractivity contribution is 6.02. The average molecular weight is 627 g/mol. The maximum Gasteiger partial charge on any atom is 0.247 e. The summed E-state index contributed by atoms with van der Waals surface area (Å²) in [6.45, 7) is 15.1. The van der Waals surface area contributed by atoms with E-state index < -0.39 is 0 Å². The van der Waals surface area contributed by atoms with Gasteiger partial charge in [0.15, 0.2) is 5.82 Å². The number of amides is 1. The lowest BCUT2D eigenvalue weighted by Crippen LogP contribution is -2.54. The fraction of sp³-hybridized carbons (Fsp3) is 0.457. The molecule has 0 radical (unpaired) electrons. The summed E-state index contributed by atoms with van der Waals surface area (Å²) >= 11 is 0. The van der Waals surface area contributed by atoms with Crippen LogP contribution in [0, 0.1) is 0 Å². The summed E-state index contributed by atoms with van der Waals surface area (Å²) in [7, 11) is 1.66. The van der Waals surface area contributed by atoms with Gasteiger partial charge in [-0.15, -0.1) is 0 Å². The minimum Gasteiger partial charge on any atom is -0.494 e. The van der Waals surface area contributed by atoms with Crippen LogP contribution in [0.3, 0.4) is 0 Å². The molecule has 3 aliphatic heterocycles. The fourth-order valence-electron chi connectivity index (χ4n) is 6.82. The number of nitrogens with one attached hydrogen (secondary N) is 2. The van der Waals surface area contributed by atoms with Crippen LogP contribution in [-0.4, -0.2) is 90.7 Å². The molecule has 11 heteroatoms. The van der Waals surface area contributed by atoms with Crippen molar-refractivity contribution in [3.63, 3.8) is 0 Å². The number of carbonyl (C=O) groups excluding carboxylic acids is 1. The van der Waals surface area contributed by atoms with Crippen molar-refractivity contribution in [3.05, 3.63) is 73.1 Å². The van der Waals surface area contributed by atoms with E-state index in [0.29, 0.717) is 47.5 Å². The van der Waals surface area contributed by atoms with Crippen molar-refractivity contribution in [2.75, 3.05) is 73.6 Å². The smallest absolute Gasteiger partial charge is 0.247 e. The molecule has 3 saturated heterocycles. The third-order valence-electron chi connectivity index (χ3n) is 9.39. The molecule has 0 aliphatic carbocycles. The molecule has 3 aromatic rings. The maximum absolute atomic E-state index is 12.6. The van der Waals surface area contributed by atoms with Crippen LogP contribution in [0.1, 0.15) is 44.7 Å². The molecule has 0 unspecified atom stereocenters. The first-order valence-corrected chi connectivity index (χ1v) is 16.4. The second-order valence-electron chi connectivity index (χ2n) is 12.4. The number of hydroxylamine groups is 1. The molecule has 244 valence electrons. The van der Waals surface area contributed by atoms with Gasteiger partial charge in [-0.25, -0.2) is 15.0 Å². The monoisotopic (exact) mass is 626 g/mol. The number of nitrogens with zero attached hydrogens (tertiary/aromatic N) is 6. The summed E-state index contributed by atoms with van der Waals surface area (Å²) in [5.41, 5.74) is 3.47. The molecule has 0 saturated carbocycles. The molecule has 2 aromatic carbocycles. The molecule has 4 heterocycles. The van der Waals surface area contributed by atoms with Gasteiger partial charge in [0.2, 0.25) is 5.91 Å². The Morgan fingerprint density at radius 1 is 1.00 bits per heavy atom. The van der Waals surface area contributed by atoms with E-state index in [0.717, 1.165) is 64.2 Å². The van der Waals surface area contributed by atoms with E-state index in [-0.39, 0.29) is 11.9 Å². The molecule has 1 aromatic heterocycles. The van der Waals surface area contributed by atoms with E-state index in [2.05, 4.69) is 67.9 Å². The summed E-state index contributed by atoms with van der Waals surface area (Å²) in [4.78, 5) is 35.1. The Bertz CT molecular complexity index is 1490. The Labute approximate surface area is 272 Å². The highest BCUT2D eigenvalue weighted by Gasteiger charge is 2.31. The first-order chi connectivity index (χ1) is 22.4. The van der Waals surface area contributed by atoms with Gasteiger partial charge in [0.25, 0.3) is 0 Å². The van der Waals surface area contributed by atoms with Gasteiger partial charge in [0, 0.05) is 69.9 Å². The summed E-state index contributed by atoms with van der Waals surface area (Å²) in [6, 6.07) is 17.3. The van der Waals surface area contributed by atoms with Crippen molar-refractivity contribution in [1.29, 1.82) is 0 Å². The van der Waals surface area contributed by atoms with Crippen LogP contribution in [0.4, 0.5) is 28.7 Å². The van der Waals surface area contributed by atoms with E-state index in [1.807, 2.05) is 41.5 Å². The van der Waals surface area contributed by atoms with E-state index in [9.17, 15) is 4.79 Å². The number of rotatable bonds is 10. The number of ether oxygens (including phenoxy) is 1. The molecular weight excluding hydrogens is 580 g/mol. The van der Waals surface area contributed by atoms with E-state index in [1.54, 1.807) is 7.11 Å². The lowest BCUT2D eigenvalue weighted by molar-refractivity contribution is -0.111. The number of piperidine rings is 1. The largest absolute Gasteiger partial charge is 0.494 e. The van der Waals surface area contributed by atoms with Crippen molar-refractivity contribution in [3.8, 4) is 5.75 Å². The Kier molecular flexibility index (Phi) is 10.0. The zero-order chi connectivity index (χ0) is 32.0. The zero-order valence-electron chi connectivity index (χ0n) is 27.2. The molecule has 1 amide bonds. The number of hydrogen-bond acceptors (Lipinski definition) is 10. The lowest BCUT2D eigenvalue weighted by atomic mass is 10.0. The molecule has 11 nitrogen and oxygen atoms in total. The number of methoxy groups -OCH3 is 1. The molecule has 3 aliphatic rings. The highest BCUT2D eigenvalue weighted by Crippen LogP contribution is 2.40. The Balaban J connectivity index is 1.20. The number of carbonyl (C=O) groups is 1. The first kappa shape index (κ1) is 31.8. The highest BCUT2D eigenvalue weighted by atomic mass is 16.7. The number of aromatic nitrogens is 2. The van der Waals surface area contributed by atoms with Gasteiger partial charge in [-0.1, -0.05) is 36.9 Å². The summed E-state index contributed by atoms with van der Waals surface area (Å²) < 4.78 is 5.87. The third-order valence-corrected chi connectivity index (χ3v) is 9.39. The standard InChI is InChI=1S/C35H46N8O3/c1-5-35(44)39-28-21-29(38-33-23-34(37-24-36-33)43-30(13-20-46-43)26-9-7-6-8-10-26)32(45-4)22-31(28)42-14-11-27(12-15-42)41-18-16-40(17-19-41)25(2)3/h5-10,21-25,27,30H,1,11-20H2,2-4H3,(H,39,44)(H,36,37,38)/t30-/m1/s1. The molecule has 2 N–H and O–H groups in total. The van der Waals surface area contributed by atoms with Crippen molar-refractivity contribution in [1.82, 2.24) is 19.8 Å².